The van der Waals surface area contributed by atoms with Crippen LogP contribution in [-0.2, 0) is 12.8 Å². The van der Waals surface area contributed by atoms with E-state index >= 15 is 0 Å². The van der Waals surface area contributed by atoms with Crippen LogP contribution < -0.4 is 0 Å². The van der Waals surface area contributed by atoms with Gasteiger partial charge in [-0.3, -0.25) is 0 Å². The summed E-state index contributed by atoms with van der Waals surface area (Å²) in [5.74, 6) is 2.38. The van der Waals surface area contributed by atoms with Crippen molar-refractivity contribution in [1.82, 2.24) is 0 Å². The number of rotatable bonds is 1. The molecule has 1 aromatic rings. The molecule has 126 valence electrons. The highest BCUT2D eigenvalue weighted by Crippen LogP contribution is 2.62. The van der Waals surface area contributed by atoms with E-state index in [4.69, 9.17) is 5.26 Å². The molecule has 3 aliphatic carbocycles. The lowest BCUT2D eigenvalue weighted by molar-refractivity contribution is 0.0814. The Balaban J connectivity index is 1.72. The Labute approximate surface area is 146 Å². The minimum Gasteiger partial charge on any atom is -0.193 e. The van der Waals surface area contributed by atoms with E-state index in [1.54, 1.807) is 16.7 Å². The van der Waals surface area contributed by atoms with E-state index in [-0.39, 0.29) is 0 Å². The number of allylic oxidation sites excluding steroid dienone is 2. The summed E-state index contributed by atoms with van der Waals surface area (Å²) in [5, 5.41) is 9.15. The number of benzene rings is 1. The molecule has 3 aliphatic rings. The molecule has 1 nitrogen and oxygen atoms in total. The summed E-state index contributed by atoms with van der Waals surface area (Å²) in [5.41, 5.74) is 8.06. The molecule has 24 heavy (non-hydrogen) atoms. The van der Waals surface area contributed by atoms with Crippen molar-refractivity contribution in [3.63, 3.8) is 0 Å². The van der Waals surface area contributed by atoms with Crippen LogP contribution >= 0.6 is 0 Å². The molecule has 0 amide bonds. The van der Waals surface area contributed by atoms with Crippen molar-refractivity contribution >= 4 is 0 Å². The second-order valence-electron chi connectivity index (χ2n) is 8.54. The summed E-state index contributed by atoms with van der Waals surface area (Å²) < 4.78 is 0. The molecule has 0 aromatic heterocycles. The van der Waals surface area contributed by atoms with Gasteiger partial charge in [0.05, 0.1) is 6.07 Å². The van der Waals surface area contributed by atoms with Crippen molar-refractivity contribution in [2.45, 2.75) is 71.6 Å². The third-order valence-corrected chi connectivity index (χ3v) is 7.65. The van der Waals surface area contributed by atoms with Gasteiger partial charge in [-0.2, -0.15) is 5.26 Å². The highest BCUT2D eigenvalue weighted by atomic mass is 14.6. The molecule has 0 radical (unpaired) electrons. The van der Waals surface area contributed by atoms with E-state index in [2.05, 4.69) is 39.0 Å². The molecule has 1 heteroatoms. The Hall–Kier alpha value is -1.55. The Morgan fingerprint density at radius 1 is 1.25 bits per heavy atom. The molecule has 1 aromatic carbocycles. The molecular formula is C23H29N. The predicted molar refractivity (Wildman–Crippen MR) is 98.9 cm³/mol. The fraction of sp³-hybridized carbons (Fsp3) is 0.609. The average Bonchev–Trinajstić information content (AvgIpc) is 2.91. The van der Waals surface area contributed by atoms with Crippen molar-refractivity contribution in [2.24, 2.45) is 17.3 Å². The summed E-state index contributed by atoms with van der Waals surface area (Å²) in [6, 6.07) is 7.34. The van der Waals surface area contributed by atoms with Gasteiger partial charge in [0.25, 0.3) is 0 Å². The number of fused-ring (bicyclic) bond motifs is 5. The van der Waals surface area contributed by atoms with E-state index in [1.807, 2.05) is 6.08 Å². The normalized spacial score (nSPS) is 35.9. The molecule has 0 spiro atoms. The summed E-state index contributed by atoms with van der Waals surface area (Å²) in [6.07, 6.45) is 10.6. The zero-order chi connectivity index (χ0) is 16.9. The van der Waals surface area contributed by atoms with Gasteiger partial charge in [0, 0.05) is 6.08 Å². The standard InChI is InChI=1S/C23H29N/c1-4-16-14-21-17(13-15(16)2)5-7-20-19(21)9-11-23(3)18(10-12-24)6-8-22(20)23/h10,13-14,19-20,22H,4-9,11H2,1-3H3/b18-10+/t19?,20-,22?,23-/m1/s1. The fourth-order valence-electron chi connectivity index (χ4n) is 6.34. The Kier molecular flexibility index (Phi) is 3.83. The molecule has 0 N–H and O–H groups in total. The van der Waals surface area contributed by atoms with Crippen LogP contribution in [0.5, 0.6) is 0 Å². The first-order valence-electron chi connectivity index (χ1n) is 9.80. The van der Waals surface area contributed by atoms with Crippen LogP contribution in [0.3, 0.4) is 0 Å². The first kappa shape index (κ1) is 15.9. The highest BCUT2D eigenvalue weighted by Gasteiger charge is 2.52. The molecular weight excluding hydrogens is 290 g/mol. The van der Waals surface area contributed by atoms with Gasteiger partial charge in [-0.25, -0.2) is 0 Å². The Bertz CT molecular complexity index is 735. The summed E-state index contributed by atoms with van der Waals surface area (Å²) >= 11 is 0. The van der Waals surface area contributed by atoms with Gasteiger partial charge in [0.15, 0.2) is 0 Å². The third-order valence-electron chi connectivity index (χ3n) is 7.65. The van der Waals surface area contributed by atoms with Gasteiger partial charge in [-0.1, -0.05) is 31.6 Å². The zero-order valence-corrected chi connectivity index (χ0v) is 15.4. The Morgan fingerprint density at radius 3 is 2.83 bits per heavy atom. The number of hydrogen-bond acceptors (Lipinski definition) is 1. The quantitative estimate of drug-likeness (QED) is 0.594. The van der Waals surface area contributed by atoms with Crippen LogP contribution in [0.2, 0.25) is 0 Å². The molecule has 2 fully saturated rings. The minimum atomic E-state index is 0.298. The molecule has 0 saturated heterocycles. The number of hydrogen-bond donors (Lipinski definition) is 0. The van der Waals surface area contributed by atoms with Crippen molar-refractivity contribution in [1.29, 1.82) is 5.26 Å². The van der Waals surface area contributed by atoms with Crippen molar-refractivity contribution in [3.8, 4) is 6.07 Å². The third kappa shape index (κ3) is 2.19. The molecule has 0 heterocycles. The summed E-state index contributed by atoms with van der Waals surface area (Å²) in [6.45, 7) is 7.01. The molecule has 0 bridgehead atoms. The highest BCUT2D eigenvalue weighted by molar-refractivity contribution is 5.43. The van der Waals surface area contributed by atoms with Crippen molar-refractivity contribution in [2.75, 3.05) is 0 Å². The lowest BCUT2D eigenvalue weighted by Gasteiger charge is -2.49. The van der Waals surface area contributed by atoms with E-state index in [0.29, 0.717) is 5.41 Å². The van der Waals surface area contributed by atoms with E-state index < -0.39 is 0 Å². The maximum atomic E-state index is 9.15. The molecule has 2 unspecified atom stereocenters. The van der Waals surface area contributed by atoms with Gasteiger partial charge < -0.3 is 0 Å². The van der Waals surface area contributed by atoms with Crippen molar-refractivity contribution in [3.05, 3.63) is 46.0 Å². The molecule has 4 rings (SSSR count). The summed E-state index contributed by atoms with van der Waals surface area (Å²) in [4.78, 5) is 0. The minimum absolute atomic E-state index is 0.298. The average molecular weight is 319 g/mol. The lowest BCUT2D eigenvalue weighted by atomic mass is 9.55. The van der Waals surface area contributed by atoms with Gasteiger partial charge >= 0.3 is 0 Å². The summed E-state index contributed by atoms with van der Waals surface area (Å²) in [7, 11) is 0. The maximum absolute atomic E-state index is 9.15. The fourth-order valence-corrected chi connectivity index (χ4v) is 6.34. The van der Waals surface area contributed by atoms with Crippen LogP contribution in [0, 0.1) is 35.5 Å². The van der Waals surface area contributed by atoms with Gasteiger partial charge in [-0.05, 0) is 97.3 Å². The predicted octanol–water partition coefficient (Wildman–Crippen LogP) is 5.86. The van der Waals surface area contributed by atoms with Gasteiger partial charge in [-0.15, -0.1) is 0 Å². The SMILES string of the molecule is CCc1cc2c(cc1C)CC[C@@H]1C2CC[C@]2(C)/C(=C/C#N)CCC12. The zero-order valence-electron chi connectivity index (χ0n) is 15.4. The monoisotopic (exact) mass is 319 g/mol. The van der Waals surface area contributed by atoms with Crippen LogP contribution in [0.25, 0.3) is 0 Å². The van der Waals surface area contributed by atoms with Gasteiger partial charge in [0.2, 0.25) is 0 Å². The molecule has 2 saturated carbocycles. The number of aryl methyl sites for hydroxylation is 3. The van der Waals surface area contributed by atoms with Crippen molar-refractivity contribution < 1.29 is 0 Å². The van der Waals surface area contributed by atoms with Crippen LogP contribution in [0.1, 0.15) is 74.1 Å². The maximum Gasteiger partial charge on any atom is 0.0911 e. The van der Waals surface area contributed by atoms with E-state index in [1.165, 1.54) is 43.2 Å². The topological polar surface area (TPSA) is 23.8 Å². The van der Waals surface area contributed by atoms with E-state index in [0.717, 1.165) is 30.6 Å². The Morgan fingerprint density at radius 2 is 2.08 bits per heavy atom. The second-order valence-corrected chi connectivity index (χ2v) is 8.54. The largest absolute Gasteiger partial charge is 0.193 e. The first-order chi connectivity index (χ1) is 11.6. The first-order valence-corrected chi connectivity index (χ1v) is 9.80. The molecule has 0 aliphatic heterocycles. The van der Waals surface area contributed by atoms with Crippen LogP contribution in [0.15, 0.2) is 23.8 Å². The lowest BCUT2D eigenvalue weighted by Crippen LogP contribution is -2.40. The second kappa shape index (κ2) is 5.76. The number of nitriles is 1. The van der Waals surface area contributed by atoms with E-state index in [9.17, 15) is 0 Å². The van der Waals surface area contributed by atoms with Crippen LogP contribution in [0.4, 0.5) is 0 Å². The smallest absolute Gasteiger partial charge is 0.0911 e. The van der Waals surface area contributed by atoms with Crippen LogP contribution in [-0.4, -0.2) is 0 Å². The number of nitrogens with zero attached hydrogens (tertiary/aromatic N) is 1. The van der Waals surface area contributed by atoms with Gasteiger partial charge in [0.1, 0.15) is 0 Å². The molecule has 4 atom stereocenters.